The Bertz CT molecular complexity index is 854. The monoisotopic (exact) mass is 315 g/mol. The molecular weight excluding hydrogens is 294 g/mol. The molecule has 1 atom stereocenters. The molecule has 1 heterocycles. The van der Waals surface area contributed by atoms with E-state index in [4.69, 9.17) is 0 Å². The second-order valence-electron chi connectivity index (χ2n) is 6.44. The number of hydrogen-bond donors (Lipinski definition) is 1. The number of hydrogen-bond acceptors (Lipinski definition) is 2. The maximum absolute atomic E-state index is 10.5. The van der Waals surface area contributed by atoms with E-state index in [0.717, 1.165) is 18.5 Å². The number of phenols is 1. The molecule has 2 heteroatoms. The van der Waals surface area contributed by atoms with Gasteiger partial charge in [0.25, 0.3) is 0 Å². The molecule has 0 aliphatic carbocycles. The molecule has 0 amide bonds. The van der Waals surface area contributed by atoms with Crippen molar-refractivity contribution in [1.29, 1.82) is 0 Å². The van der Waals surface area contributed by atoms with E-state index in [0.29, 0.717) is 5.75 Å². The highest BCUT2D eigenvalue weighted by Crippen LogP contribution is 2.41. The van der Waals surface area contributed by atoms with E-state index in [1.807, 2.05) is 18.2 Å². The van der Waals surface area contributed by atoms with Crippen molar-refractivity contribution in [3.8, 4) is 5.75 Å². The van der Waals surface area contributed by atoms with Crippen molar-refractivity contribution < 1.29 is 5.11 Å². The van der Waals surface area contributed by atoms with Crippen LogP contribution in [-0.2, 0) is 6.42 Å². The van der Waals surface area contributed by atoms with E-state index in [1.165, 1.54) is 22.4 Å². The van der Waals surface area contributed by atoms with Crippen LogP contribution >= 0.6 is 0 Å². The molecule has 0 radical (unpaired) electrons. The summed E-state index contributed by atoms with van der Waals surface area (Å²) in [7, 11) is 0. The van der Waals surface area contributed by atoms with Gasteiger partial charge in [-0.3, -0.25) is 0 Å². The molecule has 0 spiro atoms. The standard InChI is InChI=1S/C22H21NO/c1-16-10-12-18(13-11-16)22(19-7-3-5-9-21(19)24)23-15-14-17-6-2-4-8-20(17)23/h2-13,22,24H,14-15H2,1H3. The molecule has 0 fully saturated rings. The zero-order valence-corrected chi connectivity index (χ0v) is 13.8. The van der Waals surface area contributed by atoms with E-state index in [1.54, 1.807) is 6.07 Å². The predicted octanol–water partition coefficient (Wildman–Crippen LogP) is 4.85. The Morgan fingerprint density at radius 2 is 1.58 bits per heavy atom. The Morgan fingerprint density at radius 3 is 2.38 bits per heavy atom. The lowest BCUT2D eigenvalue weighted by Gasteiger charge is -2.32. The van der Waals surface area contributed by atoms with Gasteiger partial charge in [-0.1, -0.05) is 66.2 Å². The summed E-state index contributed by atoms with van der Waals surface area (Å²) in [5, 5.41) is 10.5. The zero-order chi connectivity index (χ0) is 16.5. The van der Waals surface area contributed by atoms with Gasteiger partial charge < -0.3 is 10.0 Å². The van der Waals surface area contributed by atoms with Crippen LogP contribution in [0.4, 0.5) is 5.69 Å². The molecule has 0 aromatic heterocycles. The summed E-state index contributed by atoms with van der Waals surface area (Å²) >= 11 is 0. The summed E-state index contributed by atoms with van der Waals surface area (Å²) < 4.78 is 0. The van der Waals surface area contributed by atoms with Gasteiger partial charge in [0.15, 0.2) is 0 Å². The highest BCUT2D eigenvalue weighted by atomic mass is 16.3. The lowest BCUT2D eigenvalue weighted by Crippen LogP contribution is -2.27. The summed E-state index contributed by atoms with van der Waals surface area (Å²) in [6.45, 7) is 3.07. The van der Waals surface area contributed by atoms with E-state index in [2.05, 4.69) is 60.4 Å². The first-order valence-electron chi connectivity index (χ1n) is 8.43. The van der Waals surface area contributed by atoms with Gasteiger partial charge in [0.05, 0.1) is 6.04 Å². The predicted molar refractivity (Wildman–Crippen MR) is 98.6 cm³/mol. The van der Waals surface area contributed by atoms with Crippen molar-refractivity contribution in [1.82, 2.24) is 0 Å². The average molecular weight is 315 g/mol. The van der Waals surface area contributed by atoms with Crippen molar-refractivity contribution in [2.75, 3.05) is 11.4 Å². The molecule has 3 aromatic carbocycles. The smallest absolute Gasteiger partial charge is 0.121 e. The van der Waals surface area contributed by atoms with Crippen molar-refractivity contribution >= 4 is 5.69 Å². The Labute approximate surface area is 143 Å². The van der Waals surface area contributed by atoms with Gasteiger partial charge in [-0.15, -0.1) is 0 Å². The first-order valence-corrected chi connectivity index (χ1v) is 8.43. The van der Waals surface area contributed by atoms with Gasteiger partial charge in [0, 0.05) is 17.8 Å². The van der Waals surface area contributed by atoms with Gasteiger partial charge >= 0.3 is 0 Å². The Hall–Kier alpha value is -2.74. The fourth-order valence-corrected chi connectivity index (χ4v) is 3.63. The number of para-hydroxylation sites is 2. The molecule has 1 unspecified atom stereocenters. The maximum Gasteiger partial charge on any atom is 0.121 e. The fourth-order valence-electron chi connectivity index (χ4n) is 3.63. The molecule has 120 valence electrons. The lowest BCUT2D eigenvalue weighted by atomic mass is 9.95. The minimum Gasteiger partial charge on any atom is -0.508 e. The molecule has 4 rings (SSSR count). The third kappa shape index (κ3) is 2.54. The number of phenolic OH excluding ortho intramolecular Hbond substituents is 1. The maximum atomic E-state index is 10.5. The molecule has 1 aliphatic rings. The van der Waals surface area contributed by atoms with Gasteiger partial charge in [0.1, 0.15) is 5.75 Å². The number of nitrogens with zero attached hydrogens (tertiary/aromatic N) is 1. The molecule has 0 bridgehead atoms. The van der Waals surface area contributed by atoms with Crippen molar-refractivity contribution in [3.63, 3.8) is 0 Å². The fraction of sp³-hybridized carbons (Fsp3) is 0.182. The van der Waals surface area contributed by atoms with Crippen LogP contribution in [0.15, 0.2) is 72.8 Å². The quantitative estimate of drug-likeness (QED) is 0.746. The third-order valence-electron chi connectivity index (χ3n) is 4.86. The second kappa shape index (κ2) is 6.04. The van der Waals surface area contributed by atoms with Crippen LogP contribution in [-0.4, -0.2) is 11.7 Å². The van der Waals surface area contributed by atoms with Crippen LogP contribution in [0.1, 0.15) is 28.3 Å². The average Bonchev–Trinajstić information content (AvgIpc) is 3.02. The number of aryl methyl sites for hydroxylation is 1. The Kier molecular flexibility index (Phi) is 3.73. The van der Waals surface area contributed by atoms with Crippen molar-refractivity contribution in [2.24, 2.45) is 0 Å². The Balaban J connectivity index is 1.86. The molecular formula is C22H21NO. The van der Waals surface area contributed by atoms with Gasteiger partial charge in [-0.05, 0) is 36.6 Å². The number of rotatable bonds is 3. The van der Waals surface area contributed by atoms with Crippen molar-refractivity contribution in [3.05, 3.63) is 95.1 Å². The number of benzene rings is 3. The van der Waals surface area contributed by atoms with Gasteiger partial charge in [0.2, 0.25) is 0 Å². The normalized spacial score (nSPS) is 14.5. The minimum absolute atomic E-state index is 0.0236. The summed E-state index contributed by atoms with van der Waals surface area (Å²) in [6.07, 6.45) is 1.05. The SMILES string of the molecule is Cc1ccc(C(c2ccccc2O)N2CCc3ccccc32)cc1. The van der Waals surface area contributed by atoms with Crippen LogP contribution in [0, 0.1) is 6.92 Å². The summed E-state index contributed by atoms with van der Waals surface area (Å²) in [4.78, 5) is 2.41. The number of fused-ring (bicyclic) bond motifs is 1. The Morgan fingerprint density at radius 1 is 0.875 bits per heavy atom. The molecule has 3 aromatic rings. The summed E-state index contributed by atoms with van der Waals surface area (Å²) in [5.74, 6) is 0.354. The number of aromatic hydroxyl groups is 1. The van der Waals surface area contributed by atoms with Crippen LogP contribution in [0.5, 0.6) is 5.75 Å². The topological polar surface area (TPSA) is 23.5 Å². The van der Waals surface area contributed by atoms with E-state index in [9.17, 15) is 5.11 Å². The highest BCUT2D eigenvalue weighted by molar-refractivity contribution is 5.62. The minimum atomic E-state index is 0.0236. The van der Waals surface area contributed by atoms with Crippen LogP contribution in [0.25, 0.3) is 0 Å². The van der Waals surface area contributed by atoms with Crippen LogP contribution < -0.4 is 4.90 Å². The van der Waals surface area contributed by atoms with E-state index in [-0.39, 0.29) is 6.04 Å². The van der Waals surface area contributed by atoms with Crippen molar-refractivity contribution in [2.45, 2.75) is 19.4 Å². The lowest BCUT2D eigenvalue weighted by molar-refractivity contribution is 0.463. The zero-order valence-electron chi connectivity index (χ0n) is 13.8. The van der Waals surface area contributed by atoms with E-state index >= 15 is 0 Å². The molecule has 0 saturated carbocycles. The first kappa shape index (κ1) is 14.8. The van der Waals surface area contributed by atoms with Crippen LogP contribution in [0.3, 0.4) is 0 Å². The molecule has 1 N–H and O–H groups in total. The van der Waals surface area contributed by atoms with Crippen LogP contribution in [0.2, 0.25) is 0 Å². The largest absolute Gasteiger partial charge is 0.508 e. The highest BCUT2D eigenvalue weighted by Gasteiger charge is 2.29. The molecule has 1 aliphatic heterocycles. The number of anilines is 1. The second-order valence-corrected chi connectivity index (χ2v) is 6.44. The third-order valence-corrected chi connectivity index (χ3v) is 4.86. The summed E-state index contributed by atoms with van der Waals surface area (Å²) in [5.41, 5.74) is 6.06. The van der Waals surface area contributed by atoms with Gasteiger partial charge in [-0.25, -0.2) is 0 Å². The first-order chi connectivity index (χ1) is 11.7. The summed E-state index contributed by atoms with van der Waals surface area (Å²) in [6, 6.07) is 24.9. The van der Waals surface area contributed by atoms with Gasteiger partial charge in [-0.2, -0.15) is 0 Å². The molecule has 0 saturated heterocycles. The van der Waals surface area contributed by atoms with E-state index < -0.39 is 0 Å². The molecule has 24 heavy (non-hydrogen) atoms. The molecule has 2 nitrogen and oxygen atoms in total.